The van der Waals surface area contributed by atoms with Gasteiger partial charge in [0.2, 0.25) is 0 Å². The smallest absolute Gasteiger partial charge is 0.184 e. The van der Waals surface area contributed by atoms with Gasteiger partial charge < -0.3 is 4.43 Å². The zero-order valence-electron chi connectivity index (χ0n) is 24.6. The molecule has 0 aliphatic heterocycles. The Hall–Kier alpha value is 0.177. The molecule has 198 valence electrons. The first-order valence-electron chi connectivity index (χ1n) is 15.6. The molecule has 4 rings (SSSR count). The molecule has 0 radical (unpaired) electrons. The molecule has 0 N–H and O–H groups in total. The summed E-state index contributed by atoms with van der Waals surface area (Å²) in [4.78, 5) is 0. The highest BCUT2D eigenvalue weighted by atomic mass is 28.4. The van der Waals surface area contributed by atoms with E-state index in [0.29, 0.717) is 16.9 Å². The monoisotopic (exact) mass is 488 g/mol. The molecule has 0 unspecified atom stereocenters. The third kappa shape index (κ3) is 5.12. The SMILES string of the molecule is CC[C@H](CC[C@@H](C)[C@H]1CC[C@H]2[C@@H]3CC[C@H]4C[C@@H](O[Si](C)(C)C)CC[C@]4(C)[C@H]3CC[C@]12C)C(C)C. The van der Waals surface area contributed by atoms with Crippen LogP contribution in [-0.2, 0) is 4.43 Å². The molecule has 0 heterocycles. The molecular weight excluding hydrogens is 428 g/mol. The number of hydrogen-bond acceptors (Lipinski definition) is 1. The van der Waals surface area contributed by atoms with Crippen LogP contribution in [0.5, 0.6) is 0 Å². The zero-order chi connectivity index (χ0) is 24.9. The van der Waals surface area contributed by atoms with Gasteiger partial charge in [0.05, 0.1) is 0 Å². The van der Waals surface area contributed by atoms with Crippen LogP contribution in [0.15, 0.2) is 0 Å². The summed E-state index contributed by atoms with van der Waals surface area (Å²) in [5.74, 6) is 7.63. The maximum Gasteiger partial charge on any atom is 0.184 e. The average Bonchev–Trinajstić information content (AvgIpc) is 3.10. The van der Waals surface area contributed by atoms with Gasteiger partial charge in [-0.05, 0) is 142 Å². The summed E-state index contributed by atoms with van der Waals surface area (Å²) in [6.45, 7) is 22.5. The molecule has 4 saturated carbocycles. The van der Waals surface area contributed by atoms with E-state index < -0.39 is 8.32 Å². The van der Waals surface area contributed by atoms with Crippen LogP contribution in [0, 0.1) is 58.2 Å². The van der Waals surface area contributed by atoms with Gasteiger partial charge in [-0.15, -0.1) is 0 Å². The summed E-state index contributed by atoms with van der Waals surface area (Å²) in [5.41, 5.74) is 1.22. The van der Waals surface area contributed by atoms with Crippen molar-refractivity contribution in [1.29, 1.82) is 0 Å². The molecule has 10 atom stereocenters. The third-order valence-corrected chi connectivity index (χ3v) is 13.4. The Morgan fingerprint density at radius 2 is 1.50 bits per heavy atom. The zero-order valence-corrected chi connectivity index (χ0v) is 25.6. The molecule has 0 aromatic carbocycles. The number of fused-ring (bicyclic) bond motifs is 5. The van der Waals surface area contributed by atoms with Gasteiger partial charge in [-0.2, -0.15) is 0 Å². The van der Waals surface area contributed by atoms with Gasteiger partial charge in [0, 0.05) is 6.10 Å². The van der Waals surface area contributed by atoms with Crippen LogP contribution in [0.4, 0.5) is 0 Å². The van der Waals surface area contributed by atoms with E-state index in [-0.39, 0.29) is 0 Å². The molecule has 4 aliphatic carbocycles. The van der Waals surface area contributed by atoms with E-state index >= 15 is 0 Å². The van der Waals surface area contributed by atoms with Crippen LogP contribution in [0.25, 0.3) is 0 Å². The van der Waals surface area contributed by atoms with E-state index in [1.807, 2.05) is 0 Å². The molecule has 2 heteroatoms. The average molecular weight is 489 g/mol. The lowest BCUT2D eigenvalue weighted by Crippen LogP contribution is -2.54. The molecule has 4 fully saturated rings. The Bertz CT molecular complexity index is 681. The van der Waals surface area contributed by atoms with Crippen LogP contribution in [-0.4, -0.2) is 14.4 Å². The maximum atomic E-state index is 6.64. The fourth-order valence-corrected chi connectivity index (χ4v) is 11.7. The van der Waals surface area contributed by atoms with Crippen LogP contribution in [0.1, 0.15) is 119 Å². The lowest BCUT2D eigenvalue weighted by molar-refractivity contribution is -0.127. The predicted molar refractivity (Wildman–Crippen MR) is 150 cm³/mol. The second-order valence-electron chi connectivity index (χ2n) is 15.5. The molecule has 0 spiro atoms. The lowest BCUT2D eigenvalue weighted by atomic mass is 9.44. The number of hydrogen-bond donors (Lipinski definition) is 0. The Labute approximate surface area is 215 Å². The van der Waals surface area contributed by atoms with E-state index in [4.69, 9.17) is 4.43 Å². The summed E-state index contributed by atoms with van der Waals surface area (Å²) < 4.78 is 6.64. The molecule has 34 heavy (non-hydrogen) atoms. The van der Waals surface area contributed by atoms with Crippen molar-refractivity contribution in [3.63, 3.8) is 0 Å². The molecule has 0 amide bonds. The van der Waals surface area contributed by atoms with Crippen molar-refractivity contribution >= 4 is 8.32 Å². The van der Waals surface area contributed by atoms with Gasteiger partial charge in [-0.1, -0.05) is 54.4 Å². The van der Waals surface area contributed by atoms with Crippen LogP contribution in [0.2, 0.25) is 19.6 Å². The predicted octanol–water partition coefficient (Wildman–Crippen LogP) is 9.96. The van der Waals surface area contributed by atoms with Crippen molar-refractivity contribution in [2.24, 2.45) is 58.2 Å². The highest BCUT2D eigenvalue weighted by Crippen LogP contribution is 2.68. The van der Waals surface area contributed by atoms with Crippen molar-refractivity contribution < 1.29 is 4.43 Å². The van der Waals surface area contributed by atoms with E-state index in [1.54, 1.807) is 0 Å². The first-order valence-corrected chi connectivity index (χ1v) is 19.0. The minimum atomic E-state index is -1.43. The normalized spacial score (nSPS) is 44.3. The molecule has 4 aliphatic rings. The fourth-order valence-electron chi connectivity index (χ4n) is 10.5. The Kier molecular flexibility index (Phi) is 8.12. The maximum absolute atomic E-state index is 6.64. The fraction of sp³-hybridized carbons (Fsp3) is 1.00. The first kappa shape index (κ1) is 27.2. The van der Waals surface area contributed by atoms with Crippen LogP contribution >= 0.6 is 0 Å². The van der Waals surface area contributed by atoms with Gasteiger partial charge in [-0.25, -0.2) is 0 Å². The standard InChI is InChI=1S/C32H60OSi/c1-10-24(22(2)3)12-11-23(4)28-15-16-29-27-14-13-25-21-26(33-34(7,8)9)17-19-31(25,5)30(27)18-20-32(28,29)6/h22-30H,10-21H2,1-9H3/t23-,24-,25+,26+,27+,28-,29+,30+,31+,32-/m1/s1. The van der Waals surface area contributed by atoms with Crippen LogP contribution in [0.3, 0.4) is 0 Å². The van der Waals surface area contributed by atoms with E-state index in [2.05, 4.69) is 61.2 Å². The quantitative estimate of drug-likeness (QED) is 0.309. The first-order chi connectivity index (χ1) is 15.9. The van der Waals surface area contributed by atoms with Crippen molar-refractivity contribution in [1.82, 2.24) is 0 Å². The Morgan fingerprint density at radius 1 is 0.824 bits per heavy atom. The topological polar surface area (TPSA) is 9.23 Å². The summed E-state index contributed by atoms with van der Waals surface area (Å²) >= 11 is 0. The minimum Gasteiger partial charge on any atom is -0.415 e. The van der Waals surface area contributed by atoms with Crippen molar-refractivity contribution in [3.05, 3.63) is 0 Å². The van der Waals surface area contributed by atoms with Gasteiger partial charge in [0.15, 0.2) is 8.32 Å². The largest absolute Gasteiger partial charge is 0.415 e. The van der Waals surface area contributed by atoms with Gasteiger partial charge >= 0.3 is 0 Å². The van der Waals surface area contributed by atoms with Gasteiger partial charge in [0.1, 0.15) is 0 Å². The minimum absolute atomic E-state index is 0.560. The molecule has 0 bridgehead atoms. The Morgan fingerprint density at radius 3 is 2.15 bits per heavy atom. The second kappa shape index (κ2) is 10.1. The second-order valence-corrected chi connectivity index (χ2v) is 19.9. The summed E-state index contributed by atoms with van der Waals surface area (Å²) in [5, 5.41) is 0. The Balaban J connectivity index is 1.42. The summed E-state index contributed by atoms with van der Waals surface area (Å²) in [7, 11) is -1.43. The molecule has 0 aromatic rings. The highest BCUT2D eigenvalue weighted by Gasteiger charge is 2.60. The summed E-state index contributed by atoms with van der Waals surface area (Å²) in [6, 6.07) is 0. The van der Waals surface area contributed by atoms with Crippen LogP contribution < -0.4 is 0 Å². The summed E-state index contributed by atoms with van der Waals surface area (Å²) in [6.07, 6.45) is 18.1. The molecular formula is C32H60OSi. The number of rotatable bonds is 8. The van der Waals surface area contributed by atoms with Gasteiger partial charge in [-0.3, -0.25) is 0 Å². The van der Waals surface area contributed by atoms with Crippen molar-refractivity contribution in [2.45, 2.75) is 144 Å². The van der Waals surface area contributed by atoms with Crippen molar-refractivity contribution in [2.75, 3.05) is 0 Å². The van der Waals surface area contributed by atoms with Gasteiger partial charge in [0.25, 0.3) is 0 Å². The van der Waals surface area contributed by atoms with E-state index in [9.17, 15) is 0 Å². The third-order valence-electron chi connectivity index (χ3n) is 12.4. The highest BCUT2D eigenvalue weighted by molar-refractivity contribution is 6.69. The molecule has 1 nitrogen and oxygen atoms in total. The van der Waals surface area contributed by atoms with E-state index in [0.717, 1.165) is 47.3 Å². The van der Waals surface area contributed by atoms with E-state index in [1.165, 1.54) is 77.0 Å². The molecule has 0 aromatic heterocycles. The molecule has 0 saturated heterocycles. The lowest BCUT2D eigenvalue weighted by Gasteiger charge is -2.61. The van der Waals surface area contributed by atoms with Crippen molar-refractivity contribution in [3.8, 4) is 0 Å².